The van der Waals surface area contributed by atoms with E-state index in [4.69, 9.17) is 9.47 Å². The number of carbonyl (C=O) groups excluding carboxylic acids is 1. The Kier molecular flexibility index (Phi) is 3.03. The topological polar surface area (TPSA) is 40.0 Å². The van der Waals surface area contributed by atoms with Crippen molar-refractivity contribution in [3.63, 3.8) is 0 Å². The van der Waals surface area contributed by atoms with Crippen LogP contribution in [0.2, 0.25) is 0 Å². The van der Waals surface area contributed by atoms with Gasteiger partial charge in [0, 0.05) is 6.61 Å². The van der Waals surface area contributed by atoms with Crippen molar-refractivity contribution in [2.75, 3.05) is 26.8 Å². The molecule has 2 fully saturated rings. The van der Waals surface area contributed by atoms with Gasteiger partial charge in [-0.2, -0.15) is 0 Å². The highest BCUT2D eigenvalue weighted by Crippen LogP contribution is 2.10. The number of carbonyl (C=O) groups is 1. The molecule has 0 amide bonds. The number of hydrogen-bond acceptors (Lipinski definition) is 3. The van der Waals surface area contributed by atoms with Crippen LogP contribution in [0, 0.1) is 0 Å². The lowest BCUT2D eigenvalue weighted by atomic mass is 10.0. The molecule has 2 saturated heterocycles. The van der Waals surface area contributed by atoms with Crippen molar-refractivity contribution in [1.29, 1.82) is 0 Å². The third kappa shape index (κ3) is 1.91. The van der Waals surface area contributed by atoms with Gasteiger partial charge in [0.25, 0.3) is 0 Å². The SMILES string of the molecule is COC(=O)[C@H]1CC[NH+]1C[C@@H]1CCCO1. The van der Waals surface area contributed by atoms with E-state index < -0.39 is 0 Å². The van der Waals surface area contributed by atoms with Crippen LogP contribution in [0.3, 0.4) is 0 Å². The Labute approximate surface area is 84.2 Å². The zero-order chi connectivity index (χ0) is 9.97. The van der Waals surface area contributed by atoms with Gasteiger partial charge in [-0.1, -0.05) is 0 Å². The standard InChI is InChI=1S/C10H17NO3/c1-13-10(12)9-4-5-11(9)7-8-3-2-6-14-8/h8-9H,2-7H2,1H3/p+1/t8-,9+/m0/s1. The molecule has 0 aromatic rings. The van der Waals surface area contributed by atoms with Gasteiger partial charge < -0.3 is 14.4 Å². The molecule has 4 heteroatoms. The maximum atomic E-state index is 11.3. The smallest absolute Gasteiger partial charge is 0.364 e. The molecule has 0 saturated carbocycles. The van der Waals surface area contributed by atoms with Crippen molar-refractivity contribution < 1.29 is 19.2 Å². The second-order valence-electron chi connectivity index (χ2n) is 4.11. The van der Waals surface area contributed by atoms with E-state index in [1.807, 2.05) is 0 Å². The van der Waals surface area contributed by atoms with Crippen molar-refractivity contribution in [2.45, 2.75) is 31.4 Å². The number of hydrogen-bond donors (Lipinski definition) is 1. The number of rotatable bonds is 3. The first-order chi connectivity index (χ1) is 6.81. The predicted molar refractivity (Wildman–Crippen MR) is 50.1 cm³/mol. The van der Waals surface area contributed by atoms with Gasteiger partial charge in [0.15, 0.2) is 6.04 Å². The van der Waals surface area contributed by atoms with Gasteiger partial charge in [-0.15, -0.1) is 0 Å². The first kappa shape index (κ1) is 9.93. The van der Waals surface area contributed by atoms with Crippen molar-refractivity contribution >= 4 is 5.97 Å². The van der Waals surface area contributed by atoms with Crippen LogP contribution < -0.4 is 4.90 Å². The first-order valence-corrected chi connectivity index (χ1v) is 5.35. The molecule has 14 heavy (non-hydrogen) atoms. The molecule has 2 aliphatic heterocycles. The summed E-state index contributed by atoms with van der Waals surface area (Å²) in [5.74, 6) is -0.0655. The Hall–Kier alpha value is -0.610. The summed E-state index contributed by atoms with van der Waals surface area (Å²) in [6.45, 7) is 2.94. The molecule has 0 radical (unpaired) electrons. The van der Waals surface area contributed by atoms with E-state index >= 15 is 0 Å². The Morgan fingerprint density at radius 2 is 2.43 bits per heavy atom. The predicted octanol–water partition coefficient (Wildman–Crippen LogP) is -1.00. The molecule has 0 aliphatic carbocycles. The Balaban J connectivity index is 1.78. The number of nitrogens with one attached hydrogen (secondary N) is 1. The largest absolute Gasteiger partial charge is 0.465 e. The van der Waals surface area contributed by atoms with Gasteiger partial charge in [-0.05, 0) is 12.8 Å². The van der Waals surface area contributed by atoms with Crippen LogP contribution in [0.15, 0.2) is 0 Å². The fourth-order valence-electron chi connectivity index (χ4n) is 2.26. The van der Waals surface area contributed by atoms with Crippen LogP contribution in [0.5, 0.6) is 0 Å². The van der Waals surface area contributed by atoms with Crippen LogP contribution in [0.4, 0.5) is 0 Å². The fourth-order valence-corrected chi connectivity index (χ4v) is 2.26. The zero-order valence-corrected chi connectivity index (χ0v) is 8.62. The number of quaternary nitrogens is 1. The molecule has 1 unspecified atom stereocenters. The first-order valence-electron chi connectivity index (χ1n) is 5.35. The molecule has 0 bridgehead atoms. The van der Waals surface area contributed by atoms with Gasteiger partial charge >= 0.3 is 5.97 Å². The van der Waals surface area contributed by atoms with Gasteiger partial charge in [0.1, 0.15) is 12.6 Å². The minimum atomic E-state index is -0.0655. The van der Waals surface area contributed by atoms with E-state index in [2.05, 4.69) is 0 Å². The van der Waals surface area contributed by atoms with Gasteiger partial charge in [0.05, 0.1) is 20.1 Å². The third-order valence-corrected chi connectivity index (χ3v) is 3.25. The fraction of sp³-hybridized carbons (Fsp3) is 0.900. The van der Waals surface area contributed by atoms with Crippen molar-refractivity contribution in [3.05, 3.63) is 0 Å². The molecular formula is C10H18NO3+. The summed E-state index contributed by atoms with van der Waals surface area (Å²) in [4.78, 5) is 12.6. The molecule has 2 heterocycles. The molecule has 4 nitrogen and oxygen atoms in total. The van der Waals surface area contributed by atoms with Crippen LogP contribution >= 0.6 is 0 Å². The van der Waals surface area contributed by atoms with E-state index in [0.717, 1.165) is 32.5 Å². The second kappa shape index (κ2) is 4.28. The van der Waals surface area contributed by atoms with E-state index in [0.29, 0.717) is 6.10 Å². The van der Waals surface area contributed by atoms with Crippen molar-refractivity contribution in [1.82, 2.24) is 0 Å². The van der Waals surface area contributed by atoms with Crippen LogP contribution in [0.1, 0.15) is 19.3 Å². The Bertz CT molecular complexity index is 213. The number of methoxy groups -OCH3 is 1. The molecular weight excluding hydrogens is 182 g/mol. The number of esters is 1. The number of likely N-dealkylation sites (tertiary alicyclic amines) is 1. The number of ether oxygens (including phenoxy) is 2. The van der Waals surface area contributed by atoms with E-state index in [9.17, 15) is 4.79 Å². The molecule has 0 aromatic carbocycles. The van der Waals surface area contributed by atoms with Crippen LogP contribution in [-0.4, -0.2) is 44.9 Å². The Morgan fingerprint density at radius 1 is 1.57 bits per heavy atom. The minimum absolute atomic E-state index is 0.0655. The lowest BCUT2D eigenvalue weighted by Gasteiger charge is -2.36. The highest BCUT2D eigenvalue weighted by molar-refractivity contribution is 5.74. The third-order valence-electron chi connectivity index (χ3n) is 3.25. The summed E-state index contributed by atoms with van der Waals surface area (Å²) in [5, 5.41) is 0. The molecule has 80 valence electrons. The van der Waals surface area contributed by atoms with E-state index in [1.54, 1.807) is 0 Å². The lowest BCUT2D eigenvalue weighted by molar-refractivity contribution is -0.959. The molecule has 1 N–H and O–H groups in total. The second-order valence-corrected chi connectivity index (χ2v) is 4.11. The van der Waals surface area contributed by atoms with Crippen molar-refractivity contribution in [2.24, 2.45) is 0 Å². The van der Waals surface area contributed by atoms with Crippen LogP contribution in [0.25, 0.3) is 0 Å². The normalized spacial score (nSPS) is 36.5. The maximum absolute atomic E-state index is 11.3. The molecule has 2 rings (SSSR count). The quantitative estimate of drug-likeness (QED) is 0.594. The Morgan fingerprint density at radius 3 is 2.93 bits per heavy atom. The summed E-state index contributed by atoms with van der Waals surface area (Å²) >= 11 is 0. The average Bonchev–Trinajstić information content (AvgIpc) is 2.64. The molecule has 0 spiro atoms. The molecule has 2 aliphatic rings. The summed E-state index contributed by atoms with van der Waals surface area (Å²) in [6, 6.07) is 0.0733. The summed E-state index contributed by atoms with van der Waals surface area (Å²) in [6.07, 6.45) is 3.66. The molecule has 0 aromatic heterocycles. The van der Waals surface area contributed by atoms with Gasteiger partial charge in [-0.3, -0.25) is 0 Å². The van der Waals surface area contributed by atoms with Gasteiger partial charge in [-0.25, -0.2) is 4.79 Å². The lowest BCUT2D eigenvalue weighted by Crippen LogP contribution is -3.23. The molecule has 3 atom stereocenters. The maximum Gasteiger partial charge on any atom is 0.364 e. The van der Waals surface area contributed by atoms with E-state index in [1.165, 1.54) is 18.4 Å². The highest BCUT2D eigenvalue weighted by Gasteiger charge is 2.41. The van der Waals surface area contributed by atoms with Crippen molar-refractivity contribution in [3.8, 4) is 0 Å². The highest BCUT2D eigenvalue weighted by atomic mass is 16.5. The summed E-state index contributed by atoms with van der Waals surface area (Å²) in [7, 11) is 1.46. The summed E-state index contributed by atoms with van der Waals surface area (Å²) < 4.78 is 10.3. The summed E-state index contributed by atoms with van der Waals surface area (Å²) in [5.41, 5.74) is 0. The minimum Gasteiger partial charge on any atom is -0.465 e. The monoisotopic (exact) mass is 200 g/mol. The van der Waals surface area contributed by atoms with Gasteiger partial charge in [0.2, 0.25) is 0 Å². The average molecular weight is 200 g/mol. The zero-order valence-electron chi connectivity index (χ0n) is 8.62. The van der Waals surface area contributed by atoms with Crippen LogP contribution in [-0.2, 0) is 14.3 Å². The van der Waals surface area contributed by atoms with E-state index in [-0.39, 0.29) is 12.0 Å².